The zero-order valence-electron chi connectivity index (χ0n) is 13.8. The Labute approximate surface area is 129 Å². The smallest absolute Gasteiger partial charge is 0.0469 e. The number of aryl methyl sites for hydroxylation is 1. The van der Waals surface area contributed by atoms with Gasteiger partial charge in [0, 0.05) is 25.8 Å². The summed E-state index contributed by atoms with van der Waals surface area (Å²) in [6.45, 7) is 6.43. The fourth-order valence-electron chi connectivity index (χ4n) is 3.24. The predicted octanol–water partition coefficient (Wildman–Crippen LogP) is 3.00. The third-order valence-corrected chi connectivity index (χ3v) is 4.62. The molecule has 1 atom stereocenters. The van der Waals surface area contributed by atoms with Crippen molar-refractivity contribution in [3.63, 3.8) is 0 Å². The van der Waals surface area contributed by atoms with Crippen molar-refractivity contribution >= 4 is 0 Å². The average Bonchev–Trinajstić information content (AvgIpc) is 2.50. The zero-order valence-corrected chi connectivity index (χ0v) is 13.8. The van der Waals surface area contributed by atoms with Crippen LogP contribution in [0.15, 0.2) is 24.3 Å². The normalized spacial score (nSPS) is 18.1. The van der Waals surface area contributed by atoms with E-state index < -0.39 is 0 Å². The highest BCUT2D eigenvalue weighted by Crippen LogP contribution is 2.21. The summed E-state index contributed by atoms with van der Waals surface area (Å²) in [5.74, 6) is 0.815. The van der Waals surface area contributed by atoms with Crippen molar-refractivity contribution in [1.29, 1.82) is 0 Å². The van der Waals surface area contributed by atoms with E-state index in [1.54, 1.807) is 0 Å². The summed E-state index contributed by atoms with van der Waals surface area (Å²) in [5.41, 5.74) is 2.81. The van der Waals surface area contributed by atoms with E-state index in [1.807, 2.05) is 0 Å². The van der Waals surface area contributed by atoms with E-state index in [2.05, 4.69) is 55.5 Å². The summed E-state index contributed by atoms with van der Waals surface area (Å²) in [6, 6.07) is 9.14. The van der Waals surface area contributed by atoms with Crippen molar-refractivity contribution in [3.05, 3.63) is 35.4 Å². The van der Waals surface area contributed by atoms with Gasteiger partial charge in [0.2, 0.25) is 0 Å². The molecule has 1 unspecified atom stereocenters. The summed E-state index contributed by atoms with van der Waals surface area (Å²) in [5, 5.41) is 3.47. The molecule has 21 heavy (non-hydrogen) atoms. The molecule has 1 heterocycles. The van der Waals surface area contributed by atoms with Crippen LogP contribution < -0.4 is 5.32 Å². The molecule has 0 saturated carbocycles. The largest absolute Gasteiger partial charge is 0.381 e. The lowest BCUT2D eigenvalue weighted by Crippen LogP contribution is -2.32. The second kappa shape index (κ2) is 8.52. The maximum atomic E-state index is 5.44. The zero-order chi connectivity index (χ0) is 15.1. The van der Waals surface area contributed by atoms with Crippen LogP contribution in [-0.4, -0.2) is 45.3 Å². The summed E-state index contributed by atoms with van der Waals surface area (Å²) >= 11 is 0. The lowest BCUT2D eigenvalue weighted by atomic mass is 9.97. The average molecular weight is 290 g/mol. The van der Waals surface area contributed by atoms with Gasteiger partial charge in [-0.1, -0.05) is 24.3 Å². The lowest BCUT2D eigenvalue weighted by molar-refractivity contribution is 0.0553. The molecule has 118 valence electrons. The van der Waals surface area contributed by atoms with Crippen molar-refractivity contribution < 1.29 is 4.74 Å². The molecule has 1 saturated heterocycles. The molecule has 0 aliphatic carbocycles. The van der Waals surface area contributed by atoms with Gasteiger partial charge < -0.3 is 15.0 Å². The van der Waals surface area contributed by atoms with Crippen molar-refractivity contribution in [3.8, 4) is 0 Å². The van der Waals surface area contributed by atoms with E-state index in [-0.39, 0.29) is 0 Å². The van der Waals surface area contributed by atoms with E-state index >= 15 is 0 Å². The van der Waals surface area contributed by atoms with Crippen LogP contribution in [0.25, 0.3) is 0 Å². The topological polar surface area (TPSA) is 24.5 Å². The van der Waals surface area contributed by atoms with Gasteiger partial charge in [0.25, 0.3) is 0 Å². The van der Waals surface area contributed by atoms with Gasteiger partial charge in [0.1, 0.15) is 0 Å². The molecule has 3 nitrogen and oxygen atoms in total. The van der Waals surface area contributed by atoms with Gasteiger partial charge in [-0.15, -0.1) is 0 Å². The standard InChI is InChI=1S/C18H30N2O/c1-15-6-4-5-7-17(15)18(19-2)8-11-20(3)14-16-9-12-21-13-10-16/h4-7,16,18-19H,8-14H2,1-3H3. The molecule has 2 rings (SSSR count). The van der Waals surface area contributed by atoms with E-state index in [4.69, 9.17) is 4.74 Å². The van der Waals surface area contributed by atoms with Crippen LogP contribution in [0.1, 0.15) is 36.4 Å². The number of hydrogen-bond donors (Lipinski definition) is 1. The van der Waals surface area contributed by atoms with E-state index in [0.29, 0.717) is 6.04 Å². The fourth-order valence-corrected chi connectivity index (χ4v) is 3.24. The number of benzene rings is 1. The molecule has 1 N–H and O–H groups in total. The molecule has 1 fully saturated rings. The summed E-state index contributed by atoms with van der Waals surface area (Å²) in [4.78, 5) is 2.48. The van der Waals surface area contributed by atoms with Gasteiger partial charge in [0.15, 0.2) is 0 Å². The Kier molecular flexibility index (Phi) is 6.68. The Morgan fingerprint density at radius 3 is 2.67 bits per heavy atom. The molecule has 0 aromatic heterocycles. The van der Waals surface area contributed by atoms with Crippen LogP contribution in [0.2, 0.25) is 0 Å². The van der Waals surface area contributed by atoms with Crippen LogP contribution in [0.5, 0.6) is 0 Å². The number of rotatable bonds is 7. The molecule has 1 aromatic carbocycles. The quantitative estimate of drug-likeness (QED) is 0.835. The third kappa shape index (κ3) is 5.10. The van der Waals surface area contributed by atoms with E-state index in [0.717, 1.165) is 32.1 Å². The highest BCUT2D eigenvalue weighted by atomic mass is 16.5. The Balaban J connectivity index is 1.81. The minimum absolute atomic E-state index is 0.448. The monoisotopic (exact) mass is 290 g/mol. The SMILES string of the molecule is CNC(CCN(C)CC1CCOCC1)c1ccccc1C. The maximum Gasteiger partial charge on any atom is 0.0469 e. The van der Waals surface area contributed by atoms with Gasteiger partial charge in [0.05, 0.1) is 0 Å². The minimum atomic E-state index is 0.448. The number of ether oxygens (including phenoxy) is 1. The number of hydrogen-bond acceptors (Lipinski definition) is 3. The van der Waals surface area contributed by atoms with Crippen molar-refractivity contribution in [1.82, 2.24) is 10.2 Å². The molecule has 0 radical (unpaired) electrons. The van der Waals surface area contributed by atoms with Gasteiger partial charge in [-0.25, -0.2) is 0 Å². The molecular weight excluding hydrogens is 260 g/mol. The van der Waals surface area contributed by atoms with Crippen LogP contribution in [0.3, 0.4) is 0 Å². The lowest BCUT2D eigenvalue weighted by Gasteiger charge is -2.28. The third-order valence-electron chi connectivity index (χ3n) is 4.62. The Hall–Kier alpha value is -0.900. The highest BCUT2D eigenvalue weighted by Gasteiger charge is 2.17. The van der Waals surface area contributed by atoms with Crippen molar-refractivity contribution in [2.24, 2.45) is 5.92 Å². The number of nitrogens with zero attached hydrogens (tertiary/aromatic N) is 1. The fraction of sp³-hybridized carbons (Fsp3) is 0.667. The Bertz CT molecular complexity index is 415. The predicted molar refractivity (Wildman–Crippen MR) is 88.6 cm³/mol. The summed E-state index contributed by atoms with van der Waals surface area (Å²) in [7, 11) is 4.32. The Morgan fingerprint density at radius 1 is 1.29 bits per heavy atom. The second-order valence-electron chi connectivity index (χ2n) is 6.30. The van der Waals surface area contributed by atoms with Crippen LogP contribution in [-0.2, 0) is 4.74 Å². The molecule has 1 aliphatic rings. The first-order chi connectivity index (χ1) is 10.2. The van der Waals surface area contributed by atoms with Gasteiger partial charge in [-0.2, -0.15) is 0 Å². The molecule has 0 spiro atoms. The highest BCUT2D eigenvalue weighted by molar-refractivity contribution is 5.28. The summed E-state index contributed by atoms with van der Waals surface area (Å²) in [6.07, 6.45) is 3.59. The Morgan fingerprint density at radius 2 is 2.00 bits per heavy atom. The van der Waals surface area contributed by atoms with E-state index in [9.17, 15) is 0 Å². The minimum Gasteiger partial charge on any atom is -0.381 e. The van der Waals surface area contributed by atoms with Gasteiger partial charge in [-0.3, -0.25) is 0 Å². The molecule has 1 aliphatic heterocycles. The van der Waals surface area contributed by atoms with Crippen molar-refractivity contribution in [2.75, 3.05) is 40.4 Å². The van der Waals surface area contributed by atoms with Gasteiger partial charge in [-0.05, 0) is 63.9 Å². The first-order valence-corrected chi connectivity index (χ1v) is 8.19. The molecule has 0 bridgehead atoms. The van der Waals surface area contributed by atoms with Crippen LogP contribution >= 0.6 is 0 Å². The van der Waals surface area contributed by atoms with Crippen LogP contribution in [0.4, 0.5) is 0 Å². The molecule has 0 amide bonds. The van der Waals surface area contributed by atoms with Crippen molar-refractivity contribution in [2.45, 2.75) is 32.2 Å². The first kappa shape index (κ1) is 16.5. The van der Waals surface area contributed by atoms with Crippen LogP contribution in [0, 0.1) is 12.8 Å². The van der Waals surface area contributed by atoms with Gasteiger partial charge >= 0.3 is 0 Å². The molecule has 1 aromatic rings. The molecular formula is C18H30N2O. The summed E-state index contributed by atoms with van der Waals surface area (Å²) < 4.78 is 5.44. The second-order valence-corrected chi connectivity index (χ2v) is 6.30. The first-order valence-electron chi connectivity index (χ1n) is 8.19. The van der Waals surface area contributed by atoms with E-state index in [1.165, 1.54) is 30.5 Å². The number of nitrogens with one attached hydrogen (secondary N) is 1. The molecule has 3 heteroatoms. The maximum absolute atomic E-state index is 5.44.